The number of hydrogen-bond acceptors (Lipinski definition) is 3. The van der Waals surface area contributed by atoms with Gasteiger partial charge in [0.05, 0.1) is 12.5 Å². The Morgan fingerprint density at radius 1 is 1.27 bits per heavy atom. The van der Waals surface area contributed by atoms with Crippen molar-refractivity contribution in [3.8, 4) is 0 Å². The number of esters is 1. The minimum absolute atomic E-state index is 0.0167. The van der Waals surface area contributed by atoms with E-state index in [4.69, 9.17) is 4.74 Å². The molecule has 1 aromatic rings. The molecule has 1 saturated carbocycles. The average molecular weight is 300 g/mol. The summed E-state index contributed by atoms with van der Waals surface area (Å²) in [7, 11) is 1.45. The second-order valence-electron chi connectivity index (χ2n) is 7.41. The average Bonchev–Trinajstić information content (AvgIpc) is 2.49. The quantitative estimate of drug-likeness (QED) is 0.741. The van der Waals surface area contributed by atoms with Crippen molar-refractivity contribution < 1.29 is 14.3 Å². The molecule has 0 N–H and O–H groups in total. The first-order valence-electron chi connectivity index (χ1n) is 8.05. The summed E-state index contributed by atoms with van der Waals surface area (Å²) < 4.78 is 5.08. The minimum atomic E-state index is -0.571. The van der Waals surface area contributed by atoms with Crippen molar-refractivity contribution in [1.29, 1.82) is 0 Å². The van der Waals surface area contributed by atoms with Gasteiger partial charge in [0.15, 0.2) is 5.78 Å². The number of methoxy groups -OCH3 is 1. The van der Waals surface area contributed by atoms with Crippen LogP contribution in [0.5, 0.6) is 0 Å². The lowest BCUT2D eigenvalue weighted by atomic mass is 9.49. The highest BCUT2D eigenvalue weighted by Crippen LogP contribution is 2.57. The van der Waals surface area contributed by atoms with Crippen LogP contribution in [0.1, 0.15) is 61.0 Å². The highest BCUT2D eigenvalue weighted by molar-refractivity contribution is 6.00. The maximum atomic E-state index is 12.6. The van der Waals surface area contributed by atoms with Crippen LogP contribution in [0.2, 0.25) is 0 Å². The zero-order chi connectivity index (χ0) is 16.1. The zero-order valence-electron chi connectivity index (χ0n) is 13.9. The lowest BCUT2D eigenvalue weighted by Gasteiger charge is -2.53. The molecule has 1 aromatic carbocycles. The molecule has 0 spiro atoms. The lowest BCUT2D eigenvalue weighted by molar-refractivity contribution is -0.160. The molecule has 1 fully saturated rings. The summed E-state index contributed by atoms with van der Waals surface area (Å²) >= 11 is 0. The van der Waals surface area contributed by atoms with Gasteiger partial charge in [-0.1, -0.05) is 37.1 Å². The summed E-state index contributed by atoms with van der Waals surface area (Å²) in [6.45, 7) is 6.26. The van der Waals surface area contributed by atoms with Crippen LogP contribution < -0.4 is 0 Å². The number of rotatable bonds is 1. The number of benzene rings is 1. The molecule has 0 bridgehead atoms. The van der Waals surface area contributed by atoms with E-state index >= 15 is 0 Å². The number of ketones is 1. The van der Waals surface area contributed by atoms with Gasteiger partial charge in [-0.25, -0.2) is 0 Å². The minimum Gasteiger partial charge on any atom is -0.469 e. The molecule has 0 aliphatic heterocycles. The molecular formula is C19H24O3. The first-order valence-corrected chi connectivity index (χ1v) is 8.05. The van der Waals surface area contributed by atoms with Crippen molar-refractivity contribution in [3.63, 3.8) is 0 Å². The number of carbonyl (C=O) groups is 2. The van der Waals surface area contributed by atoms with E-state index in [9.17, 15) is 9.59 Å². The van der Waals surface area contributed by atoms with Gasteiger partial charge in [-0.3, -0.25) is 9.59 Å². The van der Waals surface area contributed by atoms with Crippen molar-refractivity contribution in [2.75, 3.05) is 7.11 Å². The van der Waals surface area contributed by atoms with Crippen molar-refractivity contribution >= 4 is 11.8 Å². The van der Waals surface area contributed by atoms with E-state index in [-0.39, 0.29) is 23.1 Å². The Hall–Kier alpha value is -1.64. The highest BCUT2D eigenvalue weighted by Gasteiger charge is 2.57. The van der Waals surface area contributed by atoms with Crippen LogP contribution in [0, 0.1) is 18.3 Å². The first-order chi connectivity index (χ1) is 10.3. The molecule has 118 valence electrons. The summed E-state index contributed by atoms with van der Waals surface area (Å²) in [4.78, 5) is 25.1. The second-order valence-corrected chi connectivity index (χ2v) is 7.41. The van der Waals surface area contributed by atoms with Gasteiger partial charge in [0.25, 0.3) is 0 Å². The molecule has 0 heterocycles. The summed E-state index contributed by atoms with van der Waals surface area (Å²) in [5.74, 6) is 0.00447. The normalized spacial score (nSPS) is 33.8. The Balaban J connectivity index is 2.18. The third kappa shape index (κ3) is 1.94. The van der Waals surface area contributed by atoms with Crippen LogP contribution >= 0.6 is 0 Å². The molecule has 0 amide bonds. The molecule has 0 unspecified atom stereocenters. The predicted octanol–water partition coefficient (Wildman–Crippen LogP) is 3.82. The summed E-state index contributed by atoms with van der Waals surface area (Å²) in [6, 6.07) is 6.10. The summed E-state index contributed by atoms with van der Waals surface area (Å²) in [6.07, 6.45) is 3.25. The largest absolute Gasteiger partial charge is 0.469 e. The Kier molecular flexibility index (Phi) is 3.42. The smallest absolute Gasteiger partial charge is 0.311 e. The van der Waals surface area contributed by atoms with Crippen LogP contribution in [0.15, 0.2) is 18.2 Å². The van der Waals surface area contributed by atoms with Crippen LogP contribution in [-0.4, -0.2) is 18.9 Å². The standard InChI is InChI=1S/C19H24O3/c1-12-6-7-13-14(10-12)18(2)8-5-9-19(3,17(21)22-4)16(18)11-15(13)20/h6-7,10,16H,5,8-9,11H2,1-4H3/t16-,18-,19+/m1/s1. The molecule has 0 aromatic heterocycles. The summed E-state index contributed by atoms with van der Waals surface area (Å²) in [5, 5.41) is 0. The molecule has 3 atom stereocenters. The van der Waals surface area contributed by atoms with Crippen molar-refractivity contribution in [1.82, 2.24) is 0 Å². The van der Waals surface area contributed by atoms with E-state index in [1.165, 1.54) is 12.7 Å². The predicted molar refractivity (Wildman–Crippen MR) is 84.9 cm³/mol. The summed E-state index contributed by atoms with van der Waals surface area (Å²) in [5.41, 5.74) is 2.44. The van der Waals surface area contributed by atoms with Gasteiger partial charge >= 0.3 is 5.97 Å². The number of hydrogen-bond donors (Lipinski definition) is 0. The topological polar surface area (TPSA) is 43.4 Å². The van der Waals surface area contributed by atoms with Gasteiger partial charge in [-0.2, -0.15) is 0 Å². The number of Topliss-reactive ketones (excluding diaryl/α,β-unsaturated/α-hetero) is 1. The molecule has 2 aliphatic carbocycles. The van der Waals surface area contributed by atoms with E-state index in [1.54, 1.807) is 0 Å². The monoisotopic (exact) mass is 300 g/mol. The SMILES string of the molecule is COC(=O)[C@@]1(C)CCC[C@]2(C)c3cc(C)ccc3C(=O)C[C@@H]12. The molecule has 0 saturated heterocycles. The van der Waals surface area contributed by atoms with Crippen molar-refractivity contribution in [2.45, 2.75) is 51.9 Å². The number of fused-ring (bicyclic) bond motifs is 3. The van der Waals surface area contributed by atoms with Gasteiger partial charge < -0.3 is 4.74 Å². The van der Waals surface area contributed by atoms with Crippen LogP contribution in [0.3, 0.4) is 0 Å². The maximum absolute atomic E-state index is 12.6. The number of carbonyl (C=O) groups excluding carboxylic acids is 2. The van der Waals surface area contributed by atoms with Gasteiger partial charge in [-0.05, 0) is 43.6 Å². The van der Waals surface area contributed by atoms with Crippen LogP contribution in [0.25, 0.3) is 0 Å². The Bertz CT molecular complexity index is 648. The van der Waals surface area contributed by atoms with E-state index < -0.39 is 5.41 Å². The molecule has 22 heavy (non-hydrogen) atoms. The molecule has 3 rings (SSSR count). The van der Waals surface area contributed by atoms with Gasteiger partial charge in [0, 0.05) is 12.0 Å². The fourth-order valence-electron chi connectivity index (χ4n) is 4.79. The molecule has 3 heteroatoms. The second kappa shape index (κ2) is 4.94. The maximum Gasteiger partial charge on any atom is 0.311 e. The van der Waals surface area contributed by atoms with Gasteiger partial charge in [0.2, 0.25) is 0 Å². The van der Waals surface area contributed by atoms with E-state index in [2.05, 4.69) is 19.9 Å². The fraction of sp³-hybridized carbons (Fsp3) is 0.579. The number of ether oxygens (including phenoxy) is 1. The first kappa shape index (κ1) is 15.3. The molecule has 0 radical (unpaired) electrons. The van der Waals surface area contributed by atoms with Gasteiger partial charge in [0.1, 0.15) is 0 Å². The fourth-order valence-corrected chi connectivity index (χ4v) is 4.79. The van der Waals surface area contributed by atoms with E-state index in [0.29, 0.717) is 6.42 Å². The Morgan fingerprint density at radius 2 is 2.00 bits per heavy atom. The molecule has 2 aliphatic rings. The van der Waals surface area contributed by atoms with E-state index in [1.807, 2.05) is 19.1 Å². The van der Waals surface area contributed by atoms with Crippen molar-refractivity contribution in [2.24, 2.45) is 11.3 Å². The molecular weight excluding hydrogens is 276 g/mol. The lowest BCUT2D eigenvalue weighted by Crippen LogP contribution is -2.53. The number of aryl methyl sites for hydroxylation is 1. The van der Waals surface area contributed by atoms with E-state index in [0.717, 1.165) is 30.4 Å². The third-order valence-electron chi connectivity index (χ3n) is 6.06. The van der Waals surface area contributed by atoms with Crippen LogP contribution in [0.4, 0.5) is 0 Å². The molecule has 3 nitrogen and oxygen atoms in total. The van der Waals surface area contributed by atoms with Crippen LogP contribution in [-0.2, 0) is 14.9 Å². The third-order valence-corrected chi connectivity index (χ3v) is 6.06. The Morgan fingerprint density at radius 3 is 2.68 bits per heavy atom. The zero-order valence-corrected chi connectivity index (χ0v) is 13.9. The highest BCUT2D eigenvalue weighted by atomic mass is 16.5. The van der Waals surface area contributed by atoms with Crippen molar-refractivity contribution in [3.05, 3.63) is 34.9 Å². The van der Waals surface area contributed by atoms with Gasteiger partial charge in [-0.15, -0.1) is 0 Å². The Labute approximate surface area is 132 Å².